The number of amides is 1. The van der Waals surface area contributed by atoms with Crippen molar-refractivity contribution in [1.82, 2.24) is 9.97 Å². The van der Waals surface area contributed by atoms with E-state index in [9.17, 15) is 15.0 Å². The van der Waals surface area contributed by atoms with Crippen molar-refractivity contribution in [3.63, 3.8) is 0 Å². The Kier molecular flexibility index (Phi) is 7.74. The van der Waals surface area contributed by atoms with Crippen molar-refractivity contribution in [2.45, 2.75) is 57.6 Å². The van der Waals surface area contributed by atoms with Crippen LogP contribution in [0.25, 0.3) is 0 Å². The number of aromatic nitrogens is 2. The number of pyridine rings is 2. The van der Waals surface area contributed by atoms with Gasteiger partial charge in [0.1, 0.15) is 23.3 Å². The van der Waals surface area contributed by atoms with Gasteiger partial charge in [-0.05, 0) is 75.6 Å². The van der Waals surface area contributed by atoms with Crippen molar-refractivity contribution in [3.8, 4) is 0 Å². The molecule has 38 heavy (non-hydrogen) atoms. The molecule has 3 aliphatic rings. The Balaban J connectivity index is 1.36. The minimum Gasteiger partial charge on any atom is -0.396 e. The van der Waals surface area contributed by atoms with Gasteiger partial charge in [0.25, 0.3) is 5.91 Å². The quantitative estimate of drug-likeness (QED) is 0.392. The monoisotopic (exact) mass is 524 g/mol. The van der Waals surface area contributed by atoms with Crippen LogP contribution in [-0.2, 0) is 4.74 Å². The second-order valence-corrected chi connectivity index (χ2v) is 11.5. The number of nitrogens with zero attached hydrogens (tertiary/aromatic N) is 4. The maximum absolute atomic E-state index is 13.6. The summed E-state index contributed by atoms with van der Waals surface area (Å²) in [5, 5.41) is 25.3. The van der Waals surface area contributed by atoms with Crippen molar-refractivity contribution in [1.29, 1.82) is 0 Å². The lowest BCUT2D eigenvalue weighted by Gasteiger charge is -2.34. The van der Waals surface area contributed by atoms with Crippen LogP contribution < -0.4 is 20.4 Å². The third-order valence-corrected chi connectivity index (χ3v) is 8.05. The van der Waals surface area contributed by atoms with Crippen LogP contribution in [0, 0.1) is 5.41 Å². The average Bonchev–Trinajstić information content (AvgIpc) is 3.67. The molecule has 1 aliphatic carbocycles. The predicted octanol–water partition coefficient (Wildman–Crippen LogP) is 2.88. The molecule has 1 spiro atoms. The van der Waals surface area contributed by atoms with E-state index in [-0.39, 0.29) is 30.8 Å². The Hall–Kier alpha value is -2.95. The maximum atomic E-state index is 13.6. The van der Waals surface area contributed by atoms with Crippen molar-refractivity contribution in [3.05, 3.63) is 35.9 Å². The minimum absolute atomic E-state index is 0.0393. The summed E-state index contributed by atoms with van der Waals surface area (Å²) in [6.45, 7) is 7.60. The van der Waals surface area contributed by atoms with E-state index in [2.05, 4.69) is 25.4 Å². The van der Waals surface area contributed by atoms with Crippen molar-refractivity contribution >= 4 is 29.2 Å². The number of carbonyl (C=O) groups excluding carboxylic acids is 1. The summed E-state index contributed by atoms with van der Waals surface area (Å²) >= 11 is 0. The fourth-order valence-electron chi connectivity index (χ4n) is 5.39. The average molecular weight is 525 g/mol. The first-order valence-electron chi connectivity index (χ1n) is 13.7. The summed E-state index contributed by atoms with van der Waals surface area (Å²) in [6.07, 6.45) is 5.21. The second kappa shape index (κ2) is 11.0. The van der Waals surface area contributed by atoms with Gasteiger partial charge in [0.05, 0.1) is 24.9 Å². The Morgan fingerprint density at radius 3 is 2.55 bits per heavy atom. The van der Waals surface area contributed by atoms with Crippen molar-refractivity contribution < 1.29 is 19.7 Å². The van der Waals surface area contributed by atoms with E-state index in [1.54, 1.807) is 6.07 Å². The summed E-state index contributed by atoms with van der Waals surface area (Å²) in [5.41, 5.74) is 0.694. The molecule has 2 aliphatic heterocycles. The van der Waals surface area contributed by atoms with Crippen molar-refractivity contribution in [2.24, 2.45) is 5.41 Å². The molecule has 1 saturated carbocycles. The van der Waals surface area contributed by atoms with E-state index < -0.39 is 0 Å². The molecular weight excluding hydrogens is 484 g/mol. The SMILES string of the molecule is CC(C)(CCO)Nc1ccc(C(=O)Nc2cccc(N3CCOC(CO)C3)n2)c(N2CCC3(CC2)CC3)n1. The number of morpholine rings is 1. The van der Waals surface area contributed by atoms with Crippen LogP contribution in [0.1, 0.15) is 56.3 Å². The standard InChI is InChI=1S/C28H40N6O4/c1-27(2,12-16-35)32-23-7-6-21(25(30-23)33-13-10-28(8-9-28)11-14-33)26(37)31-22-4-3-5-24(29-22)34-15-17-38-20(18-34)19-36/h3-7,20,35-36H,8-19H2,1-2H3,(H,30,32)(H,29,31,37). The third kappa shape index (κ3) is 6.19. The van der Waals surface area contributed by atoms with Gasteiger partial charge < -0.3 is 35.4 Å². The molecule has 1 atom stereocenters. The van der Waals surface area contributed by atoms with Gasteiger partial charge in [-0.25, -0.2) is 9.97 Å². The highest BCUT2D eigenvalue weighted by Crippen LogP contribution is 2.54. The first kappa shape index (κ1) is 26.6. The van der Waals surface area contributed by atoms with Gasteiger partial charge in [0, 0.05) is 38.3 Å². The Bertz CT molecular complexity index is 1130. The van der Waals surface area contributed by atoms with Gasteiger partial charge in [-0.2, -0.15) is 0 Å². The van der Waals surface area contributed by atoms with E-state index in [0.29, 0.717) is 54.5 Å². The number of aliphatic hydroxyl groups is 2. The molecule has 10 nitrogen and oxygen atoms in total. The zero-order chi connectivity index (χ0) is 26.8. The Labute approximate surface area is 224 Å². The highest BCUT2D eigenvalue weighted by molar-refractivity contribution is 6.07. The fraction of sp³-hybridized carbons (Fsp3) is 0.607. The van der Waals surface area contributed by atoms with Gasteiger partial charge in [-0.3, -0.25) is 4.79 Å². The van der Waals surface area contributed by atoms with E-state index in [1.165, 1.54) is 12.8 Å². The highest BCUT2D eigenvalue weighted by Gasteiger charge is 2.45. The van der Waals surface area contributed by atoms with Crippen molar-refractivity contribution in [2.75, 3.05) is 66.4 Å². The number of nitrogens with one attached hydrogen (secondary N) is 2. The second-order valence-electron chi connectivity index (χ2n) is 11.5. The number of hydrogen-bond acceptors (Lipinski definition) is 9. The fourth-order valence-corrected chi connectivity index (χ4v) is 5.39. The number of hydrogen-bond donors (Lipinski definition) is 4. The van der Waals surface area contributed by atoms with Gasteiger partial charge in [0.15, 0.2) is 0 Å². The third-order valence-electron chi connectivity index (χ3n) is 8.05. The summed E-state index contributed by atoms with van der Waals surface area (Å²) in [4.78, 5) is 27.4. The number of aliphatic hydroxyl groups excluding tert-OH is 2. The van der Waals surface area contributed by atoms with Gasteiger partial charge >= 0.3 is 0 Å². The molecule has 2 aromatic rings. The number of carbonyl (C=O) groups is 1. The van der Waals surface area contributed by atoms with E-state index in [1.807, 2.05) is 38.1 Å². The predicted molar refractivity (Wildman–Crippen MR) is 148 cm³/mol. The molecule has 1 amide bonds. The van der Waals surface area contributed by atoms with Crippen LogP contribution in [0.15, 0.2) is 30.3 Å². The van der Waals surface area contributed by atoms with Crippen LogP contribution >= 0.6 is 0 Å². The largest absolute Gasteiger partial charge is 0.396 e. The summed E-state index contributed by atoms with van der Waals surface area (Å²) in [6, 6.07) is 9.21. The molecule has 2 aromatic heterocycles. The molecule has 5 rings (SSSR count). The number of rotatable bonds is 9. The van der Waals surface area contributed by atoms with Crippen LogP contribution in [0.2, 0.25) is 0 Å². The van der Waals surface area contributed by atoms with Crippen LogP contribution in [0.5, 0.6) is 0 Å². The van der Waals surface area contributed by atoms with E-state index in [0.717, 1.165) is 31.7 Å². The number of piperidine rings is 1. The lowest BCUT2D eigenvalue weighted by atomic mass is 9.93. The zero-order valence-electron chi connectivity index (χ0n) is 22.4. The van der Waals surface area contributed by atoms with Gasteiger partial charge in [0.2, 0.25) is 0 Å². The van der Waals surface area contributed by atoms with E-state index >= 15 is 0 Å². The lowest BCUT2D eigenvalue weighted by molar-refractivity contribution is 0.00337. The molecular formula is C28H40N6O4. The first-order chi connectivity index (χ1) is 18.3. The molecule has 1 unspecified atom stereocenters. The van der Waals surface area contributed by atoms with Crippen LogP contribution in [0.3, 0.4) is 0 Å². The normalized spacial score (nSPS) is 20.9. The molecule has 206 valence electrons. The number of ether oxygens (including phenoxy) is 1. The molecule has 3 fully saturated rings. The summed E-state index contributed by atoms with van der Waals surface area (Å²) in [5.74, 6) is 2.32. The summed E-state index contributed by atoms with van der Waals surface area (Å²) in [7, 11) is 0. The zero-order valence-corrected chi connectivity index (χ0v) is 22.4. The number of anilines is 4. The van der Waals surface area contributed by atoms with Gasteiger partial charge in [-0.15, -0.1) is 0 Å². The lowest BCUT2D eigenvalue weighted by Crippen LogP contribution is -2.44. The van der Waals surface area contributed by atoms with Gasteiger partial charge in [-0.1, -0.05) is 6.07 Å². The molecule has 2 saturated heterocycles. The Morgan fingerprint density at radius 2 is 1.84 bits per heavy atom. The molecule has 10 heteroatoms. The van der Waals surface area contributed by atoms with E-state index in [4.69, 9.17) is 9.72 Å². The molecule has 4 heterocycles. The topological polar surface area (TPSA) is 123 Å². The minimum atomic E-state index is -0.332. The molecule has 0 aromatic carbocycles. The molecule has 4 N–H and O–H groups in total. The summed E-state index contributed by atoms with van der Waals surface area (Å²) < 4.78 is 5.55. The molecule has 0 bridgehead atoms. The molecule has 0 radical (unpaired) electrons. The smallest absolute Gasteiger partial charge is 0.260 e. The highest BCUT2D eigenvalue weighted by atomic mass is 16.5. The maximum Gasteiger partial charge on any atom is 0.260 e. The van der Waals surface area contributed by atoms with Crippen LogP contribution in [-0.4, -0.2) is 83.7 Å². The Morgan fingerprint density at radius 1 is 1.05 bits per heavy atom. The van der Waals surface area contributed by atoms with Crippen LogP contribution in [0.4, 0.5) is 23.3 Å². The first-order valence-corrected chi connectivity index (χ1v) is 13.7.